The van der Waals surface area contributed by atoms with Crippen LogP contribution in [0.3, 0.4) is 0 Å². The van der Waals surface area contributed by atoms with Gasteiger partial charge in [-0.2, -0.15) is 12.7 Å². The molecule has 3 aromatic rings. The molecule has 2 fully saturated rings. The largest absolute Gasteiger partial charge is 0.394 e. The summed E-state index contributed by atoms with van der Waals surface area (Å²) >= 11 is 0. The first-order valence-corrected chi connectivity index (χ1v) is 14.1. The lowest BCUT2D eigenvalue weighted by atomic mass is 10.1. The third-order valence-corrected chi connectivity index (χ3v) is 8.59. The summed E-state index contributed by atoms with van der Waals surface area (Å²) in [7, 11) is -2.20. The molecule has 1 amide bonds. The number of anilines is 2. The molecule has 2 aliphatic rings. The number of aliphatic hydroxyl groups excluding tert-OH is 1. The summed E-state index contributed by atoms with van der Waals surface area (Å²) in [6.45, 7) is 0.457. The molecule has 4 N–H and O–H groups in total. The molecule has 2 aromatic carbocycles. The van der Waals surface area contributed by atoms with Crippen LogP contribution in [-0.2, 0) is 21.6 Å². The van der Waals surface area contributed by atoms with Crippen LogP contribution in [-0.4, -0.2) is 66.6 Å². The predicted octanol–water partition coefficient (Wildman–Crippen LogP) is 2.38. The number of halogens is 2. The molecule has 1 unspecified atom stereocenters. The van der Waals surface area contributed by atoms with Gasteiger partial charge < -0.3 is 15.0 Å². The van der Waals surface area contributed by atoms with E-state index in [4.69, 9.17) is 9.94 Å². The molecule has 1 aliphatic heterocycles. The van der Waals surface area contributed by atoms with Gasteiger partial charge in [-0.05, 0) is 54.9 Å². The number of hydrogen-bond donors (Lipinski definition) is 4. The average molecular weight is 565 g/mol. The van der Waals surface area contributed by atoms with Crippen LogP contribution in [0.4, 0.5) is 20.2 Å². The van der Waals surface area contributed by atoms with Crippen molar-refractivity contribution in [2.45, 2.75) is 31.7 Å². The van der Waals surface area contributed by atoms with Gasteiger partial charge in [-0.25, -0.2) is 24.0 Å². The van der Waals surface area contributed by atoms with Gasteiger partial charge in [-0.3, -0.25) is 9.63 Å². The maximum atomic E-state index is 15.9. The van der Waals surface area contributed by atoms with Crippen LogP contribution in [0.5, 0.6) is 0 Å². The molecule has 1 saturated heterocycles. The molecule has 0 bridgehead atoms. The lowest BCUT2D eigenvalue weighted by Crippen LogP contribution is -2.37. The van der Waals surface area contributed by atoms with E-state index in [-0.39, 0.29) is 48.1 Å². The van der Waals surface area contributed by atoms with Gasteiger partial charge in [0, 0.05) is 26.7 Å². The molecular formula is C25H30F2N6O5S. The van der Waals surface area contributed by atoms with Gasteiger partial charge in [0.25, 0.3) is 16.1 Å². The van der Waals surface area contributed by atoms with Crippen LogP contribution >= 0.6 is 0 Å². The van der Waals surface area contributed by atoms with E-state index in [1.54, 1.807) is 10.6 Å². The molecule has 1 saturated carbocycles. The Morgan fingerprint density at radius 2 is 2.03 bits per heavy atom. The number of nitrogens with zero attached hydrogens (tertiary/aromatic N) is 3. The molecule has 14 heteroatoms. The van der Waals surface area contributed by atoms with E-state index in [0.717, 1.165) is 18.4 Å². The van der Waals surface area contributed by atoms with E-state index >= 15 is 4.39 Å². The SMILES string of the molecule is CNS(=O)(=O)N1CCC(Cn2cnc3c(F)c(Nc4ccc(C5CC5)cc4F)c(C(=O)NOCCO)cc32)C1. The summed E-state index contributed by atoms with van der Waals surface area (Å²) < 4.78 is 60.4. The van der Waals surface area contributed by atoms with E-state index in [2.05, 4.69) is 20.5 Å². The quantitative estimate of drug-likeness (QED) is 0.207. The van der Waals surface area contributed by atoms with E-state index in [1.807, 2.05) is 0 Å². The summed E-state index contributed by atoms with van der Waals surface area (Å²) in [5, 5.41) is 11.7. The smallest absolute Gasteiger partial charge is 0.279 e. The summed E-state index contributed by atoms with van der Waals surface area (Å²) in [4.78, 5) is 22.1. The molecule has 5 rings (SSSR count). The highest BCUT2D eigenvalue weighted by atomic mass is 32.2. The van der Waals surface area contributed by atoms with Crippen LogP contribution in [0.1, 0.15) is 41.1 Å². The summed E-state index contributed by atoms with van der Waals surface area (Å²) in [6, 6.07) is 6.13. The molecule has 39 heavy (non-hydrogen) atoms. The number of amides is 1. The van der Waals surface area contributed by atoms with Crippen LogP contribution in [0, 0.1) is 17.6 Å². The predicted molar refractivity (Wildman–Crippen MR) is 140 cm³/mol. The average Bonchev–Trinajstić information content (AvgIpc) is 3.53. The number of aromatic nitrogens is 2. The highest BCUT2D eigenvalue weighted by molar-refractivity contribution is 7.87. The molecule has 1 aliphatic carbocycles. The van der Waals surface area contributed by atoms with Gasteiger partial charge in [0.2, 0.25) is 0 Å². The third-order valence-electron chi connectivity index (χ3n) is 7.06. The van der Waals surface area contributed by atoms with Gasteiger partial charge in [0.15, 0.2) is 5.82 Å². The zero-order chi connectivity index (χ0) is 27.7. The number of nitrogens with one attached hydrogen (secondary N) is 3. The Bertz CT molecular complexity index is 1490. The Morgan fingerprint density at radius 3 is 2.72 bits per heavy atom. The number of fused-ring (bicyclic) bond motifs is 1. The molecule has 210 valence electrons. The first-order valence-electron chi connectivity index (χ1n) is 12.7. The van der Waals surface area contributed by atoms with E-state index < -0.39 is 27.8 Å². The van der Waals surface area contributed by atoms with Gasteiger partial charge in [0.1, 0.15) is 11.3 Å². The minimum absolute atomic E-state index is 0.000742. The first-order chi connectivity index (χ1) is 18.7. The number of carbonyl (C=O) groups is 1. The van der Waals surface area contributed by atoms with Crippen molar-refractivity contribution in [1.29, 1.82) is 0 Å². The number of benzene rings is 2. The summed E-state index contributed by atoms with van der Waals surface area (Å²) in [5.41, 5.74) is 2.89. The second-order valence-electron chi connectivity index (χ2n) is 9.74. The van der Waals surface area contributed by atoms with Crippen LogP contribution < -0.4 is 15.5 Å². The van der Waals surface area contributed by atoms with Crippen molar-refractivity contribution in [2.75, 3.05) is 38.7 Å². The minimum atomic E-state index is -3.56. The highest BCUT2D eigenvalue weighted by Gasteiger charge is 2.31. The number of aliphatic hydroxyl groups is 1. The van der Waals surface area contributed by atoms with Gasteiger partial charge >= 0.3 is 0 Å². The minimum Gasteiger partial charge on any atom is -0.394 e. The first kappa shape index (κ1) is 27.4. The van der Waals surface area contributed by atoms with Crippen LogP contribution in [0.25, 0.3) is 11.0 Å². The second kappa shape index (κ2) is 11.1. The van der Waals surface area contributed by atoms with E-state index in [1.165, 1.54) is 35.9 Å². The molecule has 2 heterocycles. The summed E-state index contributed by atoms with van der Waals surface area (Å²) in [5.74, 6) is -1.96. The molecule has 1 atom stereocenters. The third kappa shape index (κ3) is 5.75. The maximum absolute atomic E-state index is 15.9. The molecule has 1 aromatic heterocycles. The van der Waals surface area contributed by atoms with Crippen molar-refractivity contribution in [3.05, 3.63) is 53.4 Å². The summed E-state index contributed by atoms with van der Waals surface area (Å²) in [6.07, 6.45) is 4.04. The Balaban J connectivity index is 1.47. The Kier molecular flexibility index (Phi) is 7.82. The number of hydrogen-bond acceptors (Lipinski definition) is 7. The van der Waals surface area contributed by atoms with E-state index in [0.29, 0.717) is 30.9 Å². The lowest BCUT2D eigenvalue weighted by Gasteiger charge is -2.17. The molecule has 0 radical (unpaired) electrons. The molecular weight excluding hydrogens is 534 g/mol. The van der Waals surface area contributed by atoms with Crippen molar-refractivity contribution in [2.24, 2.45) is 5.92 Å². The monoisotopic (exact) mass is 564 g/mol. The van der Waals surface area contributed by atoms with Crippen LogP contribution in [0.2, 0.25) is 0 Å². The standard InChI is InChI=1S/C25H30F2N6O5S/c1-28-39(36,37)33-7-6-15(13-33)12-32-14-29-24-21(32)11-18(25(35)31-38-9-8-34)23(22(24)27)30-20-5-4-17(10-19(20)26)16-2-3-16/h4-5,10-11,14-16,28,30,34H,2-3,6-9,12-13H2,1H3,(H,31,35). The fourth-order valence-corrected chi connectivity index (χ4v) is 5.84. The second-order valence-corrected chi connectivity index (χ2v) is 11.6. The van der Waals surface area contributed by atoms with Crippen molar-refractivity contribution in [3.8, 4) is 0 Å². The maximum Gasteiger partial charge on any atom is 0.279 e. The fraction of sp³-hybridized carbons (Fsp3) is 0.440. The number of hydroxylamine groups is 1. The topological polar surface area (TPSA) is 138 Å². The Labute approximate surface area is 224 Å². The zero-order valence-corrected chi connectivity index (χ0v) is 22.1. The van der Waals surface area contributed by atoms with Crippen molar-refractivity contribution in [1.82, 2.24) is 24.1 Å². The van der Waals surface area contributed by atoms with Crippen molar-refractivity contribution in [3.63, 3.8) is 0 Å². The van der Waals surface area contributed by atoms with Crippen molar-refractivity contribution < 1.29 is 31.9 Å². The normalized spacial score (nSPS) is 18.1. The molecule has 0 spiro atoms. The Morgan fingerprint density at radius 1 is 1.23 bits per heavy atom. The zero-order valence-electron chi connectivity index (χ0n) is 21.3. The van der Waals surface area contributed by atoms with Gasteiger partial charge in [-0.15, -0.1) is 0 Å². The number of carbonyl (C=O) groups excluding carboxylic acids is 1. The highest BCUT2D eigenvalue weighted by Crippen LogP contribution is 2.41. The lowest BCUT2D eigenvalue weighted by molar-refractivity contribution is 0.0169. The molecule has 11 nitrogen and oxygen atoms in total. The van der Waals surface area contributed by atoms with Crippen LogP contribution in [0.15, 0.2) is 30.6 Å². The number of imidazole rings is 1. The fourth-order valence-electron chi connectivity index (χ4n) is 4.83. The van der Waals surface area contributed by atoms with Gasteiger partial charge in [0.05, 0.1) is 42.0 Å². The van der Waals surface area contributed by atoms with E-state index in [9.17, 15) is 17.6 Å². The Hall–Kier alpha value is -3.17. The van der Waals surface area contributed by atoms with Crippen molar-refractivity contribution >= 4 is 38.5 Å². The van der Waals surface area contributed by atoms with Gasteiger partial charge in [-0.1, -0.05) is 6.07 Å². The number of rotatable bonds is 11.